The van der Waals surface area contributed by atoms with E-state index in [1.165, 1.54) is 0 Å². The van der Waals surface area contributed by atoms with Gasteiger partial charge in [-0.2, -0.15) is 0 Å². The van der Waals surface area contributed by atoms with Crippen LogP contribution < -0.4 is 4.90 Å². The van der Waals surface area contributed by atoms with Crippen molar-refractivity contribution < 1.29 is 5.11 Å². The molecule has 0 bridgehead atoms. The Bertz CT molecular complexity index is 363. The molecule has 1 aromatic rings. The Morgan fingerprint density at radius 2 is 2.25 bits per heavy atom. The number of likely N-dealkylation sites (N-methyl/N-ethyl adjacent to an activating group) is 1. The van der Waals surface area contributed by atoms with Gasteiger partial charge in [0.2, 0.25) is 0 Å². The third kappa shape index (κ3) is 3.09. The van der Waals surface area contributed by atoms with Crippen LogP contribution in [0.3, 0.4) is 0 Å². The van der Waals surface area contributed by atoms with Crippen LogP contribution in [0.5, 0.6) is 0 Å². The van der Waals surface area contributed by atoms with Gasteiger partial charge in [0, 0.05) is 23.2 Å². The molecule has 0 aliphatic heterocycles. The molecule has 1 atom stereocenters. The van der Waals surface area contributed by atoms with E-state index in [4.69, 9.17) is 0 Å². The van der Waals surface area contributed by atoms with E-state index in [1.54, 1.807) is 6.92 Å². The number of benzene rings is 1. The Hall–Kier alpha value is -0.800. The zero-order valence-corrected chi connectivity index (χ0v) is 11.4. The molecule has 0 radical (unpaired) electrons. The van der Waals surface area contributed by atoms with Crippen molar-refractivity contribution in [1.82, 2.24) is 0 Å². The minimum atomic E-state index is -0.446. The molecule has 1 aromatic carbocycles. The van der Waals surface area contributed by atoms with E-state index in [9.17, 15) is 5.11 Å². The number of rotatable bonds is 5. The summed E-state index contributed by atoms with van der Waals surface area (Å²) in [5, 5.41) is 9.53. The summed E-state index contributed by atoms with van der Waals surface area (Å²) in [6, 6.07) is 6.02. The lowest BCUT2D eigenvalue weighted by atomic mass is 10.1. The highest BCUT2D eigenvalue weighted by molar-refractivity contribution is 9.10. The van der Waals surface area contributed by atoms with E-state index < -0.39 is 6.10 Å². The second kappa shape index (κ2) is 6.06. The monoisotopic (exact) mass is 283 g/mol. The molecule has 0 fully saturated rings. The number of anilines is 1. The van der Waals surface area contributed by atoms with Crippen LogP contribution in [0.1, 0.15) is 25.5 Å². The van der Waals surface area contributed by atoms with Gasteiger partial charge in [0.15, 0.2) is 0 Å². The van der Waals surface area contributed by atoms with E-state index in [-0.39, 0.29) is 0 Å². The zero-order chi connectivity index (χ0) is 12.1. The molecule has 16 heavy (non-hydrogen) atoms. The first-order valence-corrected chi connectivity index (χ1v) is 6.22. The van der Waals surface area contributed by atoms with Crippen LogP contribution in [0.2, 0.25) is 0 Å². The Kier molecular flexibility index (Phi) is 5.03. The van der Waals surface area contributed by atoms with Crippen molar-refractivity contribution in [3.05, 3.63) is 40.9 Å². The molecule has 0 spiro atoms. The summed E-state index contributed by atoms with van der Waals surface area (Å²) in [6.45, 7) is 9.39. The van der Waals surface area contributed by atoms with Crippen molar-refractivity contribution in [3.63, 3.8) is 0 Å². The molecule has 3 heteroatoms. The smallest absolute Gasteiger partial charge is 0.0772 e. The zero-order valence-electron chi connectivity index (χ0n) is 9.78. The number of aliphatic hydroxyl groups excluding tert-OH is 1. The van der Waals surface area contributed by atoms with Crippen LogP contribution >= 0.6 is 15.9 Å². The van der Waals surface area contributed by atoms with E-state index in [2.05, 4.69) is 34.3 Å². The molecule has 88 valence electrons. The molecule has 0 aliphatic carbocycles. The summed E-state index contributed by atoms with van der Waals surface area (Å²) in [5.74, 6) is 0. The highest BCUT2D eigenvalue weighted by atomic mass is 79.9. The van der Waals surface area contributed by atoms with Gasteiger partial charge in [-0.1, -0.05) is 28.1 Å². The minimum absolute atomic E-state index is 0.446. The fourth-order valence-corrected chi connectivity index (χ4v) is 2.32. The molecule has 1 N–H and O–H groups in total. The topological polar surface area (TPSA) is 23.5 Å². The van der Waals surface area contributed by atoms with Crippen LogP contribution in [0, 0.1) is 0 Å². The maximum atomic E-state index is 9.53. The molecule has 0 unspecified atom stereocenters. The Balaban J connectivity index is 2.99. The maximum absolute atomic E-state index is 9.53. The van der Waals surface area contributed by atoms with Crippen LogP contribution in [0.15, 0.2) is 35.3 Å². The summed E-state index contributed by atoms with van der Waals surface area (Å²) < 4.78 is 0.947. The largest absolute Gasteiger partial charge is 0.389 e. The van der Waals surface area contributed by atoms with Gasteiger partial charge in [-0.25, -0.2) is 0 Å². The van der Waals surface area contributed by atoms with Gasteiger partial charge in [-0.15, -0.1) is 6.58 Å². The summed E-state index contributed by atoms with van der Waals surface area (Å²) in [6.07, 6.45) is 1.44. The number of hydrogen-bond donors (Lipinski definition) is 1. The lowest BCUT2D eigenvalue weighted by Crippen LogP contribution is -2.22. The van der Waals surface area contributed by atoms with Crippen molar-refractivity contribution in [1.29, 1.82) is 0 Å². The summed E-state index contributed by atoms with van der Waals surface area (Å²) in [4.78, 5) is 2.21. The number of aliphatic hydroxyl groups is 1. The molecule has 2 nitrogen and oxygen atoms in total. The Morgan fingerprint density at radius 1 is 1.56 bits per heavy atom. The molecule has 0 saturated carbocycles. The fourth-order valence-electron chi connectivity index (χ4n) is 1.62. The summed E-state index contributed by atoms with van der Waals surface area (Å²) >= 11 is 3.48. The normalized spacial score (nSPS) is 12.2. The van der Waals surface area contributed by atoms with E-state index in [1.807, 2.05) is 24.3 Å². The molecule has 0 aromatic heterocycles. The fraction of sp³-hybridized carbons (Fsp3) is 0.385. The predicted octanol–water partition coefficient (Wildman–Crippen LogP) is 3.51. The van der Waals surface area contributed by atoms with Gasteiger partial charge in [0.1, 0.15) is 0 Å². The standard InChI is InChI=1S/C13H18BrNO/c1-4-8-15(5-2)11-6-7-12(10(3)16)13(14)9-11/h4,6-7,9-10,16H,1,5,8H2,2-3H3/t10-/m1/s1. The molecule has 1 rings (SSSR count). The number of hydrogen-bond acceptors (Lipinski definition) is 2. The van der Waals surface area contributed by atoms with Crippen LogP contribution in [-0.4, -0.2) is 18.2 Å². The first-order chi connectivity index (χ1) is 7.60. The average Bonchev–Trinajstić information content (AvgIpc) is 2.25. The molecular weight excluding hydrogens is 266 g/mol. The SMILES string of the molecule is C=CCN(CC)c1ccc([C@@H](C)O)c(Br)c1. The van der Waals surface area contributed by atoms with Gasteiger partial charge >= 0.3 is 0 Å². The van der Waals surface area contributed by atoms with Crippen LogP contribution in [-0.2, 0) is 0 Å². The van der Waals surface area contributed by atoms with Gasteiger partial charge in [-0.05, 0) is 31.5 Å². The Labute approximate surface area is 106 Å². The first kappa shape index (κ1) is 13.3. The Morgan fingerprint density at radius 3 is 2.69 bits per heavy atom. The molecular formula is C13H18BrNO. The van der Waals surface area contributed by atoms with Gasteiger partial charge in [-0.3, -0.25) is 0 Å². The van der Waals surface area contributed by atoms with Crippen molar-refractivity contribution in [2.45, 2.75) is 20.0 Å². The summed E-state index contributed by atoms with van der Waals surface area (Å²) in [5.41, 5.74) is 2.05. The maximum Gasteiger partial charge on any atom is 0.0772 e. The van der Waals surface area contributed by atoms with E-state index >= 15 is 0 Å². The van der Waals surface area contributed by atoms with Crippen LogP contribution in [0.4, 0.5) is 5.69 Å². The molecule has 0 amide bonds. The predicted molar refractivity (Wildman–Crippen MR) is 72.9 cm³/mol. The molecule has 0 saturated heterocycles. The quantitative estimate of drug-likeness (QED) is 0.836. The third-order valence-corrected chi connectivity index (χ3v) is 3.22. The summed E-state index contributed by atoms with van der Waals surface area (Å²) in [7, 11) is 0. The minimum Gasteiger partial charge on any atom is -0.389 e. The number of nitrogens with zero attached hydrogens (tertiary/aromatic N) is 1. The van der Waals surface area contributed by atoms with E-state index in [0.29, 0.717) is 0 Å². The van der Waals surface area contributed by atoms with Gasteiger partial charge < -0.3 is 10.0 Å². The van der Waals surface area contributed by atoms with Crippen molar-refractivity contribution >= 4 is 21.6 Å². The van der Waals surface area contributed by atoms with Gasteiger partial charge in [0.05, 0.1) is 6.10 Å². The second-order valence-electron chi connectivity index (χ2n) is 3.71. The number of halogens is 1. The lowest BCUT2D eigenvalue weighted by Gasteiger charge is -2.22. The molecule has 0 aliphatic rings. The third-order valence-electron chi connectivity index (χ3n) is 2.53. The second-order valence-corrected chi connectivity index (χ2v) is 4.56. The first-order valence-electron chi connectivity index (χ1n) is 5.43. The average molecular weight is 284 g/mol. The highest BCUT2D eigenvalue weighted by Crippen LogP contribution is 2.28. The van der Waals surface area contributed by atoms with Crippen molar-refractivity contribution in [3.8, 4) is 0 Å². The van der Waals surface area contributed by atoms with Crippen LogP contribution in [0.25, 0.3) is 0 Å². The van der Waals surface area contributed by atoms with Crippen molar-refractivity contribution in [2.75, 3.05) is 18.0 Å². The highest BCUT2D eigenvalue weighted by Gasteiger charge is 2.09. The van der Waals surface area contributed by atoms with Crippen molar-refractivity contribution in [2.24, 2.45) is 0 Å². The lowest BCUT2D eigenvalue weighted by molar-refractivity contribution is 0.198. The molecule has 0 heterocycles. The van der Waals surface area contributed by atoms with Gasteiger partial charge in [0.25, 0.3) is 0 Å². The van der Waals surface area contributed by atoms with E-state index in [0.717, 1.165) is 28.8 Å².